The summed E-state index contributed by atoms with van der Waals surface area (Å²) >= 11 is 0. The number of rotatable bonds is 4. The zero-order valence-corrected chi connectivity index (χ0v) is 15.6. The van der Waals surface area contributed by atoms with Gasteiger partial charge in [-0.1, -0.05) is 6.07 Å². The number of hydrogen-bond donors (Lipinski definition) is 1. The molecule has 29 heavy (non-hydrogen) atoms. The molecular formula is C20H20F5N3O. The Bertz CT molecular complexity index is 879. The van der Waals surface area contributed by atoms with Crippen LogP contribution in [0.5, 0.6) is 0 Å². The number of piperazine rings is 1. The van der Waals surface area contributed by atoms with Gasteiger partial charge in [-0.25, -0.2) is 8.78 Å². The van der Waals surface area contributed by atoms with Crippen molar-refractivity contribution in [1.29, 1.82) is 0 Å². The fourth-order valence-electron chi connectivity index (χ4n) is 3.24. The van der Waals surface area contributed by atoms with Crippen molar-refractivity contribution in [2.24, 2.45) is 0 Å². The van der Waals surface area contributed by atoms with Gasteiger partial charge < -0.3 is 10.2 Å². The number of alkyl halides is 3. The van der Waals surface area contributed by atoms with Crippen LogP contribution < -0.4 is 10.2 Å². The summed E-state index contributed by atoms with van der Waals surface area (Å²) in [6.07, 6.45) is -4.41. The molecule has 1 N–H and O–H groups in total. The SMILES string of the molecule is CC(C(=O)Nc1cc(F)ccc1F)N1CCN(c2cccc(C(F)(F)F)c2)CC1. The van der Waals surface area contributed by atoms with Crippen molar-refractivity contribution < 1.29 is 26.7 Å². The standard InChI is InChI=1S/C20H20F5N3O/c1-13(19(29)26-18-12-15(21)5-6-17(18)22)27-7-9-28(10-8-27)16-4-2-3-14(11-16)20(23,24)25/h2-6,11-13H,7-10H2,1H3,(H,26,29). The van der Waals surface area contributed by atoms with Crippen LogP contribution in [-0.2, 0) is 11.0 Å². The minimum Gasteiger partial charge on any atom is -0.369 e. The van der Waals surface area contributed by atoms with Gasteiger partial charge in [-0.2, -0.15) is 13.2 Å². The molecule has 0 radical (unpaired) electrons. The van der Waals surface area contributed by atoms with Gasteiger partial charge in [0.2, 0.25) is 5.91 Å². The number of hydrogen-bond acceptors (Lipinski definition) is 3. The van der Waals surface area contributed by atoms with Crippen molar-refractivity contribution in [1.82, 2.24) is 4.90 Å². The summed E-state index contributed by atoms with van der Waals surface area (Å²) in [6, 6.07) is 7.32. The molecule has 2 aromatic rings. The highest BCUT2D eigenvalue weighted by molar-refractivity contribution is 5.94. The van der Waals surface area contributed by atoms with E-state index in [2.05, 4.69) is 5.32 Å². The summed E-state index contributed by atoms with van der Waals surface area (Å²) in [7, 11) is 0. The quantitative estimate of drug-likeness (QED) is 0.766. The second-order valence-electron chi connectivity index (χ2n) is 6.86. The normalized spacial score (nSPS) is 16.6. The Morgan fingerprint density at radius 1 is 1.03 bits per heavy atom. The maximum Gasteiger partial charge on any atom is 0.416 e. The number of halogens is 5. The van der Waals surface area contributed by atoms with E-state index in [1.54, 1.807) is 13.0 Å². The third-order valence-corrected chi connectivity index (χ3v) is 4.97. The van der Waals surface area contributed by atoms with Crippen LogP contribution in [0.15, 0.2) is 42.5 Å². The Balaban J connectivity index is 1.60. The predicted molar refractivity (Wildman–Crippen MR) is 99.7 cm³/mol. The van der Waals surface area contributed by atoms with Crippen LogP contribution in [0.3, 0.4) is 0 Å². The fraction of sp³-hybridized carbons (Fsp3) is 0.350. The number of nitrogens with one attached hydrogen (secondary N) is 1. The van der Waals surface area contributed by atoms with Crippen molar-refractivity contribution >= 4 is 17.3 Å². The Labute approximate surface area is 164 Å². The number of anilines is 2. The molecule has 0 bridgehead atoms. The molecule has 1 unspecified atom stereocenters. The largest absolute Gasteiger partial charge is 0.416 e. The van der Waals surface area contributed by atoms with Crippen LogP contribution in [0.2, 0.25) is 0 Å². The maximum absolute atomic E-state index is 13.7. The molecular weight excluding hydrogens is 393 g/mol. The van der Waals surface area contributed by atoms with Gasteiger partial charge in [-0.05, 0) is 37.3 Å². The second kappa shape index (κ2) is 8.36. The molecule has 0 aromatic heterocycles. The molecule has 1 aliphatic rings. The first kappa shape index (κ1) is 21.0. The lowest BCUT2D eigenvalue weighted by molar-refractivity contribution is -0.137. The summed E-state index contributed by atoms with van der Waals surface area (Å²) in [5.41, 5.74) is -0.467. The van der Waals surface area contributed by atoms with Crippen molar-refractivity contribution in [3.8, 4) is 0 Å². The van der Waals surface area contributed by atoms with E-state index in [0.29, 0.717) is 31.9 Å². The van der Waals surface area contributed by atoms with Crippen molar-refractivity contribution in [2.45, 2.75) is 19.1 Å². The first-order valence-corrected chi connectivity index (χ1v) is 9.07. The van der Waals surface area contributed by atoms with Crippen LogP contribution in [-0.4, -0.2) is 43.0 Å². The zero-order valence-electron chi connectivity index (χ0n) is 15.6. The average Bonchev–Trinajstić information content (AvgIpc) is 2.69. The summed E-state index contributed by atoms with van der Waals surface area (Å²) in [6.45, 7) is 3.40. The molecule has 9 heteroatoms. The Hall–Kier alpha value is -2.68. The first-order valence-electron chi connectivity index (χ1n) is 9.07. The lowest BCUT2D eigenvalue weighted by Gasteiger charge is -2.38. The van der Waals surface area contributed by atoms with E-state index in [-0.39, 0.29) is 5.69 Å². The summed E-state index contributed by atoms with van der Waals surface area (Å²) < 4.78 is 65.7. The van der Waals surface area contributed by atoms with Gasteiger partial charge in [0.15, 0.2) is 0 Å². The van der Waals surface area contributed by atoms with E-state index in [1.807, 2.05) is 9.80 Å². The van der Waals surface area contributed by atoms with Crippen LogP contribution >= 0.6 is 0 Å². The van der Waals surface area contributed by atoms with E-state index in [1.165, 1.54) is 6.07 Å². The third kappa shape index (κ3) is 5.03. The van der Waals surface area contributed by atoms with Gasteiger partial charge in [0.05, 0.1) is 17.3 Å². The molecule has 2 aromatic carbocycles. The highest BCUT2D eigenvalue weighted by atomic mass is 19.4. The lowest BCUT2D eigenvalue weighted by atomic mass is 10.1. The Morgan fingerprint density at radius 3 is 2.38 bits per heavy atom. The van der Waals surface area contributed by atoms with E-state index in [9.17, 15) is 26.7 Å². The van der Waals surface area contributed by atoms with E-state index in [4.69, 9.17) is 0 Å². The molecule has 4 nitrogen and oxygen atoms in total. The van der Waals surface area contributed by atoms with Gasteiger partial charge in [-0.15, -0.1) is 0 Å². The van der Waals surface area contributed by atoms with Crippen LogP contribution in [0, 0.1) is 11.6 Å². The highest BCUT2D eigenvalue weighted by Crippen LogP contribution is 2.32. The minimum absolute atomic E-state index is 0.232. The highest BCUT2D eigenvalue weighted by Gasteiger charge is 2.31. The number of carbonyl (C=O) groups is 1. The van der Waals surface area contributed by atoms with Crippen LogP contribution in [0.1, 0.15) is 12.5 Å². The molecule has 156 valence electrons. The van der Waals surface area contributed by atoms with E-state index in [0.717, 1.165) is 30.3 Å². The average molecular weight is 413 g/mol. The van der Waals surface area contributed by atoms with Crippen LogP contribution in [0.25, 0.3) is 0 Å². The molecule has 0 saturated carbocycles. The number of benzene rings is 2. The Kier molecular flexibility index (Phi) is 6.07. The van der Waals surface area contributed by atoms with Crippen molar-refractivity contribution in [3.05, 3.63) is 59.7 Å². The fourth-order valence-corrected chi connectivity index (χ4v) is 3.24. The van der Waals surface area contributed by atoms with Gasteiger partial charge in [-0.3, -0.25) is 9.69 Å². The van der Waals surface area contributed by atoms with Crippen LogP contribution in [0.4, 0.5) is 33.3 Å². The molecule has 1 atom stereocenters. The molecule has 0 aliphatic carbocycles. The summed E-state index contributed by atoms with van der Waals surface area (Å²) in [4.78, 5) is 16.1. The number of nitrogens with zero attached hydrogens (tertiary/aromatic N) is 2. The topological polar surface area (TPSA) is 35.6 Å². The van der Waals surface area contributed by atoms with E-state index < -0.39 is 35.3 Å². The second-order valence-corrected chi connectivity index (χ2v) is 6.86. The molecule has 1 fully saturated rings. The van der Waals surface area contributed by atoms with E-state index >= 15 is 0 Å². The van der Waals surface area contributed by atoms with Crippen molar-refractivity contribution in [3.63, 3.8) is 0 Å². The van der Waals surface area contributed by atoms with Gasteiger partial charge in [0.25, 0.3) is 0 Å². The summed E-state index contributed by atoms with van der Waals surface area (Å²) in [5.74, 6) is -1.88. The molecule has 0 spiro atoms. The lowest BCUT2D eigenvalue weighted by Crippen LogP contribution is -2.52. The maximum atomic E-state index is 13.7. The zero-order chi connectivity index (χ0) is 21.2. The molecule has 1 heterocycles. The first-order chi connectivity index (χ1) is 13.6. The molecule has 3 rings (SSSR count). The van der Waals surface area contributed by atoms with Gasteiger partial charge in [0.1, 0.15) is 11.6 Å². The van der Waals surface area contributed by atoms with Gasteiger partial charge >= 0.3 is 6.18 Å². The van der Waals surface area contributed by atoms with Crippen molar-refractivity contribution in [2.75, 3.05) is 36.4 Å². The predicted octanol–water partition coefficient (Wildman–Crippen LogP) is 4.13. The molecule has 1 saturated heterocycles. The number of amides is 1. The number of carbonyl (C=O) groups excluding carboxylic acids is 1. The van der Waals surface area contributed by atoms with Gasteiger partial charge in [0, 0.05) is 37.9 Å². The molecule has 1 aliphatic heterocycles. The summed E-state index contributed by atoms with van der Waals surface area (Å²) in [5, 5.41) is 2.38. The third-order valence-electron chi connectivity index (χ3n) is 4.97. The monoisotopic (exact) mass is 413 g/mol. The minimum atomic E-state index is -4.41. The smallest absolute Gasteiger partial charge is 0.369 e. The molecule has 1 amide bonds. The Morgan fingerprint density at radius 2 is 1.72 bits per heavy atom.